The SMILES string of the molecule is C1CCN(CCOCC2CC3CCC(C2)N3)C1. The highest BCUT2D eigenvalue weighted by molar-refractivity contribution is 4.91. The minimum absolute atomic E-state index is 0.806. The Kier molecular flexibility index (Phi) is 3.99. The summed E-state index contributed by atoms with van der Waals surface area (Å²) in [6.07, 6.45) is 8.26. The highest BCUT2D eigenvalue weighted by atomic mass is 16.5. The zero-order valence-corrected chi connectivity index (χ0v) is 10.9. The lowest BCUT2D eigenvalue weighted by Crippen LogP contribution is -2.39. The second-order valence-electron chi connectivity index (χ2n) is 6.10. The third-order valence-electron chi connectivity index (χ3n) is 4.67. The van der Waals surface area contributed by atoms with Crippen LogP contribution < -0.4 is 5.32 Å². The van der Waals surface area contributed by atoms with Gasteiger partial charge in [0.15, 0.2) is 0 Å². The van der Waals surface area contributed by atoms with E-state index in [1.807, 2.05) is 0 Å². The number of ether oxygens (including phenoxy) is 1. The van der Waals surface area contributed by atoms with Crippen LogP contribution in [0.2, 0.25) is 0 Å². The third-order valence-corrected chi connectivity index (χ3v) is 4.67. The third kappa shape index (κ3) is 3.21. The van der Waals surface area contributed by atoms with Crippen LogP contribution in [0, 0.1) is 5.92 Å². The van der Waals surface area contributed by atoms with Gasteiger partial charge in [0.1, 0.15) is 0 Å². The van der Waals surface area contributed by atoms with Gasteiger partial charge in [-0.15, -0.1) is 0 Å². The van der Waals surface area contributed by atoms with Gasteiger partial charge >= 0.3 is 0 Å². The quantitative estimate of drug-likeness (QED) is 0.737. The normalized spacial score (nSPS) is 37.8. The van der Waals surface area contributed by atoms with Crippen LogP contribution in [0.4, 0.5) is 0 Å². The zero-order chi connectivity index (χ0) is 11.5. The van der Waals surface area contributed by atoms with E-state index in [-0.39, 0.29) is 0 Å². The largest absolute Gasteiger partial charge is 0.380 e. The Morgan fingerprint density at radius 2 is 1.76 bits per heavy atom. The van der Waals surface area contributed by atoms with E-state index < -0.39 is 0 Å². The molecular weight excluding hydrogens is 212 g/mol. The molecule has 2 bridgehead atoms. The van der Waals surface area contributed by atoms with Gasteiger partial charge in [-0.05, 0) is 57.5 Å². The van der Waals surface area contributed by atoms with E-state index in [1.54, 1.807) is 0 Å². The second kappa shape index (κ2) is 5.68. The van der Waals surface area contributed by atoms with Crippen molar-refractivity contribution in [1.29, 1.82) is 0 Å². The lowest BCUT2D eigenvalue weighted by Gasteiger charge is -2.29. The van der Waals surface area contributed by atoms with Gasteiger partial charge in [-0.2, -0.15) is 0 Å². The number of hydrogen-bond acceptors (Lipinski definition) is 3. The Labute approximate surface area is 105 Å². The number of nitrogens with one attached hydrogen (secondary N) is 1. The Morgan fingerprint density at radius 3 is 2.47 bits per heavy atom. The standard InChI is InChI=1S/C14H26N2O/c1-2-6-16(5-1)7-8-17-11-12-9-13-3-4-14(10-12)15-13/h12-15H,1-11H2. The molecule has 0 saturated carbocycles. The van der Waals surface area contributed by atoms with Crippen molar-refractivity contribution in [2.75, 3.05) is 32.8 Å². The van der Waals surface area contributed by atoms with E-state index in [9.17, 15) is 0 Å². The van der Waals surface area contributed by atoms with Crippen LogP contribution in [0.3, 0.4) is 0 Å². The van der Waals surface area contributed by atoms with Crippen molar-refractivity contribution in [2.45, 2.75) is 50.6 Å². The molecule has 2 unspecified atom stereocenters. The van der Waals surface area contributed by atoms with Crippen LogP contribution in [0.15, 0.2) is 0 Å². The fraction of sp³-hybridized carbons (Fsp3) is 1.00. The molecule has 2 atom stereocenters. The molecule has 3 heterocycles. The average molecular weight is 238 g/mol. The second-order valence-corrected chi connectivity index (χ2v) is 6.10. The minimum Gasteiger partial charge on any atom is -0.380 e. The monoisotopic (exact) mass is 238 g/mol. The number of nitrogens with zero attached hydrogens (tertiary/aromatic N) is 1. The fourth-order valence-corrected chi connectivity index (χ4v) is 3.76. The predicted octanol–water partition coefficient (Wildman–Crippen LogP) is 1.63. The van der Waals surface area contributed by atoms with Gasteiger partial charge in [0.2, 0.25) is 0 Å². The van der Waals surface area contributed by atoms with E-state index in [4.69, 9.17) is 4.74 Å². The number of hydrogen-bond donors (Lipinski definition) is 1. The molecule has 3 heteroatoms. The molecule has 0 spiro atoms. The predicted molar refractivity (Wildman–Crippen MR) is 69.2 cm³/mol. The molecule has 0 aromatic heterocycles. The zero-order valence-electron chi connectivity index (χ0n) is 10.9. The maximum absolute atomic E-state index is 5.89. The van der Waals surface area contributed by atoms with Gasteiger partial charge in [0.25, 0.3) is 0 Å². The summed E-state index contributed by atoms with van der Waals surface area (Å²) in [5.41, 5.74) is 0. The van der Waals surface area contributed by atoms with Crippen LogP contribution >= 0.6 is 0 Å². The van der Waals surface area contributed by atoms with E-state index >= 15 is 0 Å². The Bertz CT molecular complexity index is 228. The first kappa shape index (κ1) is 11.9. The van der Waals surface area contributed by atoms with Crippen LogP contribution in [-0.2, 0) is 4.74 Å². The summed E-state index contributed by atoms with van der Waals surface area (Å²) in [6.45, 7) is 5.68. The number of piperidine rings is 1. The van der Waals surface area contributed by atoms with Crippen LogP contribution in [0.25, 0.3) is 0 Å². The number of rotatable bonds is 5. The molecule has 3 aliphatic rings. The van der Waals surface area contributed by atoms with Crippen molar-refractivity contribution in [1.82, 2.24) is 10.2 Å². The average Bonchev–Trinajstić information content (AvgIpc) is 2.95. The maximum Gasteiger partial charge on any atom is 0.0593 e. The molecule has 3 nitrogen and oxygen atoms in total. The minimum atomic E-state index is 0.806. The van der Waals surface area contributed by atoms with Gasteiger partial charge in [-0.25, -0.2) is 0 Å². The van der Waals surface area contributed by atoms with E-state index in [2.05, 4.69) is 10.2 Å². The molecule has 3 fully saturated rings. The molecule has 0 amide bonds. The molecule has 0 radical (unpaired) electrons. The maximum atomic E-state index is 5.89. The summed E-state index contributed by atoms with van der Waals surface area (Å²) in [5.74, 6) is 0.826. The lowest BCUT2D eigenvalue weighted by molar-refractivity contribution is 0.0665. The first-order valence-corrected chi connectivity index (χ1v) is 7.46. The summed E-state index contributed by atoms with van der Waals surface area (Å²) >= 11 is 0. The van der Waals surface area contributed by atoms with Crippen molar-refractivity contribution in [3.8, 4) is 0 Å². The lowest BCUT2D eigenvalue weighted by atomic mass is 9.93. The molecule has 0 aromatic rings. The molecule has 17 heavy (non-hydrogen) atoms. The van der Waals surface area contributed by atoms with Crippen LogP contribution in [-0.4, -0.2) is 49.8 Å². The molecule has 1 N–H and O–H groups in total. The fourth-order valence-electron chi connectivity index (χ4n) is 3.76. The van der Waals surface area contributed by atoms with Gasteiger partial charge in [-0.3, -0.25) is 0 Å². The van der Waals surface area contributed by atoms with E-state index in [0.717, 1.165) is 37.8 Å². The molecule has 0 aromatic carbocycles. The summed E-state index contributed by atoms with van der Waals surface area (Å²) in [5, 5.41) is 3.69. The van der Waals surface area contributed by atoms with Gasteiger partial charge in [0.05, 0.1) is 6.61 Å². The van der Waals surface area contributed by atoms with Crippen molar-refractivity contribution >= 4 is 0 Å². The Balaban J connectivity index is 1.29. The molecule has 3 saturated heterocycles. The highest BCUT2D eigenvalue weighted by Gasteiger charge is 2.33. The van der Waals surface area contributed by atoms with Crippen LogP contribution in [0.1, 0.15) is 38.5 Å². The summed E-state index contributed by atoms with van der Waals surface area (Å²) in [4.78, 5) is 2.53. The summed E-state index contributed by atoms with van der Waals surface area (Å²) < 4.78 is 5.89. The van der Waals surface area contributed by atoms with E-state index in [0.29, 0.717) is 0 Å². The van der Waals surface area contributed by atoms with Crippen molar-refractivity contribution < 1.29 is 4.74 Å². The Morgan fingerprint density at radius 1 is 1.06 bits per heavy atom. The highest BCUT2D eigenvalue weighted by Crippen LogP contribution is 2.30. The molecule has 0 aliphatic carbocycles. The molecular formula is C14H26N2O. The summed E-state index contributed by atoms with van der Waals surface area (Å²) in [7, 11) is 0. The van der Waals surface area contributed by atoms with Gasteiger partial charge < -0.3 is 15.0 Å². The Hall–Kier alpha value is -0.120. The van der Waals surface area contributed by atoms with Gasteiger partial charge in [-0.1, -0.05) is 0 Å². The van der Waals surface area contributed by atoms with Gasteiger partial charge in [0, 0.05) is 25.2 Å². The van der Waals surface area contributed by atoms with Crippen LogP contribution in [0.5, 0.6) is 0 Å². The molecule has 3 rings (SSSR count). The van der Waals surface area contributed by atoms with Crippen molar-refractivity contribution in [2.24, 2.45) is 5.92 Å². The number of likely N-dealkylation sites (tertiary alicyclic amines) is 1. The molecule has 3 aliphatic heterocycles. The first-order chi connectivity index (χ1) is 8.40. The molecule has 98 valence electrons. The smallest absolute Gasteiger partial charge is 0.0593 e. The number of fused-ring (bicyclic) bond motifs is 2. The van der Waals surface area contributed by atoms with Crippen molar-refractivity contribution in [3.63, 3.8) is 0 Å². The van der Waals surface area contributed by atoms with E-state index in [1.165, 1.54) is 51.6 Å². The first-order valence-electron chi connectivity index (χ1n) is 7.46. The summed E-state index contributed by atoms with van der Waals surface area (Å²) in [6, 6.07) is 1.61. The van der Waals surface area contributed by atoms with Crippen molar-refractivity contribution in [3.05, 3.63) is 0 Å². The topological polar surface area (TPSA) is 24.5 Å².